The molecule has 1 unspecified atom stereocenters. The number of anilines is 1. The number of nitrogen functional groups attached to an aromatic ring is 1. The average Bonchev–Trinajstić information content (AvgIpc) is 2.59. The van der Waals surface area contributed by atoms with Gasteiger partial charge in [-0.1, -0.05) is 54.2 Å². The van der Waals surface area contributed by atoms with Crippen molar-refractivity contribution in [2.75, 3.05) is 20.0 Å². The highest BCUT2D eigenvalue weighted by Gasteiger charge is 2.18. The molecule has 2 aromatic rings. The molecular formula is C18H23NO3S. The number of hydrogen-bond donors (Lipinski definition) is 1. The molecule has 0 fully saturated rings. The summed E-state index contributed by atoms with van der Waals surface area (Å²) in [5, 5.41) is 0.125. The fraction of sp³-hybridized carbons (Fsp3) is 0.333. The molecule has 23 heavy (non-hydrogen) atoms. The van der Waals surface area contributed by atoms with E-state index < -0.39 is 0 Å². The van der Waals surface area contributed by atoms with E-state index in [2.05, 4.69) is 6.92 Å². The van der Waals surface area contributed by atoms with Gasteiger partial charge in [0.05, 0.1) is 5.69 Å². The van der Waals surface area contributed by atoms with Gasteiger partial charge >= 0.3 is 0 Å². The van der Waals surface area contributed by atoms with E-state index >= 15 is 0 Å². The van der Waals surface area contributed by atoms with Crippen LogP contribution in [0.1, 0.15) is 23.3 Å². The first kappa shape index (κ1) is 17.7. The van der Waals surface area contributed by atoms with Crippen molar-refractivity contribution in [3.05, 3.63) is 59.7 Å². The molecule has 0 spiro atoms. The molecule has 2 N–H and O–H groups in total. The summed E-state index contributed by atoms with van der Waals surface area (Å²) in [6.45, 7) is 2.57. The number of ether oxygens (including phenoxy) is 3. The van der Waals surface area contributed by atoms with Gasteiger partial charge < -0.3 is 19.9 Å². The lowest BCUT2D eigenvalue weighted by atomic mass is 10.1. The third kappa shape index (κ3) is 4.89. The molecular weight excluding hydrogens is 310 g/mol. The quantitative estimate of drug-likeness (QED) is 0.579. The molecule has 124 valence electrons. The van der Waals surface area contributed by atoms with Crippen LogP contribution in [-0.4, -0.2) is 19.8 Å². The molecule has 0 aliphatic heterocycles. The smallest absolute Gasteiger partial charge is 0.206 e. The monoisotopic (exact) mass is 333 g/mol. The number of methoxy groups -OCH3 is 2. The predicted octanol–water partition coefficient (Wildman–Crippen LogP) is 4.22. The topological polar surface area (TPSA) is 53.7 Å². The van der Waals surface area contributed by atoms with Crippen LogP contribution in [0.4, 0.5) is 5.69 Å². The lowest BCUT2D eigenvalue weighted by Gasteiger charge is -2.20. The van der Waals surface area contributed by atoms with Crippen LogP contribution in [0.25, 0.3) is 0 Å². The second-order valence-electron chi connectivity index (χ2n) is 5.07. The van der Waals surface area contributed by atoms with Crippen LogP contribution in [0.2, 0.25) is 0 Å². The minimum atomic E-state index is -0.321. The standard InChI is InChI=1S/C18H23NO3S/c1-13(23-18(20-2)21-3)15-10-7-11-16(17(15)19)22-12-14-8-5-4-6-9-14/h4-11,13,18H,12,19H2,1-3H3. The minimum absolute atomic E-state index is 0.125. The van der Waals surface area contributed by atoms with Crippen LogP contribution in [0.5, 0.6) is 5.75 Å². The fourth-order valence-corrected chi connectivity index (χ4v) is 3.13. The van der Waals surface area contributed by atoms with Gasteiger partial charge in [0.1, 0.15) is 12.4 Å². The maximum Gasteiger partial charge on any atom is 0.206 e. The zero-order valence-corrected chi connectivity index (χ0v) is 14.5. The van der Waals surface area contributed by atoms with Gasteiger partial charge in [0.2, 0.25) is 5.62 Å². The Kier molecular flexibility index (Phi) is 6.77. The Hall–Kier alpha value is -1.69. The Morgan fingerprint density at radius 2 is 1.70 bits per heavy atom. The van der Waals surface area contributed by atoms with Gasteiger partial charge in [-0.15, -0.1) is 0 Å². The summed E-state index contributed by atoms with van der Waals surface area (Å²) in [6, 6.07) is 15.9. The van der Waals surface area contributed by atoms with Crippen molar-refractivity contribution in [1.82, 2.24) is 0 Å². The first-order valence-corrected chi connectivity index (χ1v) is 8.36. The summed E-state index contributed by atoms with van der Waals surface area (Å²) in [5.74, 6) is 0.699. The highest BCUT2D eigenvalue weighted by Crippen LogP contribution is 2.38. The van der Waals surface area contributed by atoms with Gasteiger partial charge in [0.15, 0.2) is 0 Å². The Morgan fingerprint density at radius 1 is 1.00 bits per heavy atom. The zero-order chi connectivity index (χ0) is 16.7. The number of rotatable bonds is 8. The van der Waals surface area contributed by atoms with E-state index in [9.17, 15) is 0 Å². The van der Waals surface area contributed by atoms with Crippen LogP contribution >= 0.6 is 11.8 Å². The second-order valence-corrected chi connectivity index (χ2v) is 6.44. The molecule has 0 saturated carbocycles. The normalized spacial score (nSPS) is 12.3. The fourth-order valence-electron chi connectivity index (χ4n) is 2.22. The third-order valence-corrected chi connectivity index (χ3v) is 4.74. The molecule has 2 aromatic carbocycles. The van der Waals surface area contributed by atoms with Crippen molar-refractivity contribution in [3.8, 4) is 5.75 Å². The lowest BCUT2D eigenvalue weighted by molar-refractivity contribution is -0.0346. The van der Waals surface area contributed by atoms with Crippen LogP contribution in [-0.2, 0) is 16.1 Å². The third-order valence-electron chi connectivity index (χ3n) is 3.48. The van der Waals surface area contributed by atoms with E-state index in [4.69, 9.17) is 19.9 Å². The summed E-state index contributed by atoms with van der Waals surface area (Å²) >= 11 is 1.56. The van der Waals surface area contributed by atoms with Gasteiger partial charge in [-0.05, 0) is 24.1 Å². The number of para-hydroxylation sites is 1. The van der Waals surface area contributed by atoms with Gasteiger partial charge in [-0.2, -0.15) is 0 Å². The van der Waals surface area contributed by atoms with Crippen molar-refractivity contribution in [2.45, 2.75) is 24.4 Å². The maximum atomic E-state index is 6.29. The van der Waals surface area contributed by atoms with Crippen molar-refractivity contribution >= 4 is 17.4 Å². The molecule has 5 heteroatoms. The largest absolute Gasteiger partial charge is 0.487 e. The number of hydrogen-bond acceptors (Lipinski definition) is 5. The molecule has 4 nitrogen and oxygen atoms in total. The van der Waals surface area contributed by atoms with E-state index in [1.54, 1.807) is 26.0 Å². The summed E-state index contributed by atoms with van der Waals surface area (Å²) in [5.41, 5.74) is 8.75. The number of nitrogens with two attached hydrogens (primary N) is 1. The maximum absolute atomic E-state index is 6.29. The van der Waals surface area contributed by atoms with Gasteiger partial charge in [0.25, 0.3) is 0 Å². The van der Waals surface area contributed by atoms with Gasteiger partial charge in [-0.25, -0.2) is 0 Å². The van der Waals surface area contributed by atoms with E-state index in [0.717, 1.165) is 11.1 Å². The molecule has 1 atom stereocenters. The molecule has 0 aliphatic carbocycles. The van der Waals surface area contributed by atoms with E-state index in [1.807, 2.05) is 48.5 Å². The first-order valence-electron chi connectivity index (χ1n) is 7.42. The van der Waals surface area contributed by atoms with Crippen LogP contribution < -0.4 is 10.5 Å². The molecule has 0 heterocycles. The Balaban J connectivity index is 2.08. The summed E-state index contributed by atoms with van der Waals surface area (Å²) in [7, 11) is 3.24. The summed E-state index contributed by atoms with van der Waals surface area (Å²) < 4.78 is 16.3. The Labute approximate surface area is 141 Å². The SMILES string of the molecule is COC(OC)SC(C)c1cccc(OCc2ccccc2)c1N. The molecule has 0 bridgehead atoms. The molecule has 0 saturated heterocycles. The molecule has 0 aromatic heterocycles. The highest BCUT2D eigenvalue weighted by molar-refractivity contribution is 7.99. The van der Waals surface area contributed by atoms with Crippen LogP contribution in [0.3, 0.4) is 0 Å². The molecule has 2 rings (SSSR count). The van der Waals surface area contributed by atoms with Gasteiger partial charge in [0, 0.05) is 19.5 Å². The van der Waals surface area contributed by atoms with Crippen molar-refractivity contribution < 1.29 is 14.2 Å². The zero-order valence-electron chi connectivity index (χ0n) is 13.7. The number of thioether (sulfide) groups is 1. The summed E-state index contributed by atoms with van der Waals surface area (Å²) in [4.78, 5) is 0. The van der Waals surface area contributed by atoms with Crippen LogP contribution in [0.15, 0.2) is 48.5 Å². The lowest BCUT2D eigenvalue weighted by Crippen LogP contribution is -2.10. The van der Waals surface area contributed by atoms with Crippen molar-refractivity contribution in [1.29, 1.82) is 0 Å². The molecule has 0 radical (unpaired) electrons. The van der Waals surface area contributed by atoms with E-state index in [-0.39, 0.29) is 10.9 Å². The predicted molar refractivity (Wildman–Crippen MR) is 95.4 cm³/mol. The van der Waals surface area contributed by atoms with Gasteiger partial charge in [-0.3, -0.25) is 0 Å². The average molecular weight is 333 g/mol. The second kappa shape index (κ2) is 8.82. The number of benzene rings is 2. The molecule has 0 amide bonds. The highest BCUT2D eigenvalue weighted by atomic mass is 32.2. The van der Waals surface area contributed by atoms with Crippen LogP contribution in [0, 0.1) is 0 Å². The first-order chi connectivity index (χ1) is 11.2. The minimum Gasteiger partial charge on any atom is -0.487 e. The summed E-state index contributed by atoms with van der Waals surface area (Å²) in [6.07, 6.45) is 0. The molecule has 0 aliphatic rings. The van der Waals surface area contributed by atoms with E-state index in [1.165, 1.54) is 0 Å². The van der Waals surface area contributed by atoms with Crippen molar-refractivity contribution in [2.24, 2.45) is 0 Å². The van der Waals surface area contributed by atoms with E-state index in [0.29, 0.717) is 18.0 Å². The Morgan fingerprint density at radius 3 is 2.35 bits per heavy atom. The Bertz CT molecular complexity index is 602. The van der Waals surface area contributed by atoms with Crippen molar-refractivity contribution in [3.63, 3.8) is 0 Å².